The maximum atomic E-state index is 13.3. The number of thioether (sulfide) groups is 1. The van der Waals surface area contributed by atoms with Crippen LogP contribution in [0.2, 0.25) is 5.02 Å². The Hall–Kier alpha value is -0.710. The highest BCUT2D eigenvalue weighted by atomic mass is 79.9. The molecule has 0 heterocycles. The lowest BCUT2D eigenvalue weighted by atomic mass is 10.2. The van der Waals surface area contributed by atoms with Gasteiger partial charge in [0.1, 0.15) is 5.82 Å². The number of nitrogens with two attached hydrogens (primary N) is 1. The van der Waals surface area contributed by atoms with Gasteiger partial charge in [-0.05, 0) is 45.8 Å². The van der Waals surface area contributed by atoms with Crippen LogP contribution in [0.4, 0.5) is 10.1 Å². The summed E-state index contributed by atoms with van der Waals surface area (Å²) in [6, 6.07) is 10.4. The van der Waals surface area contributed by atoms with Crippen LogP contribution in [0.25, 0.3) is 0 Å². The first kappa shape index (κ1) is 13.7. The molecule has 0 fully saturated rings. The van der Waals surface area contributed by atoms with E-state index in [-0.39, 0.29) is 10.8 Å². The molecule has 0 aliphatic carbocycles. The summed E-state index contributed by atoms with van der Waals surface area (Å²) in [5, 5.41) is 0.191. The molecule has 0 aliphatic rings. The Morgan fingerprint density at radius 2 is 2.06 bits per heavy atom. The molecule has 1 nitrogen and oxygen atoms in total. The maximum absolute atomic E-state index is 13.3. The van der Waals surface area contributed by atoms with Gasteiger partial charge in [-0.25, -0.2) is 4.39 Å². The van der Waals surface area contributed by atoms with Crippen molar-refractivity contribution in [3.63, 3.8) is 0 Å². The van der Waals surface area contributed by atoms with E-state index in [1.807, 2.05) is 24.3 Å². The first-order chi connectivity index (χ1) is 8.58. The predicted molar refractivity (Wildman–Crippen MR) is 79.5 cm³/mol. The van der Waals surface area contributed by atoms with Crippen LogP contribution >= 0.6 is 39.3 Å². The molecule has 2 aromatic carbocycles. The highest BCUT2D eigenvalue weighted by Crippen LogP contribution is 2.33. The van der Waals surface area contributed by atoms with Gasteiger partial charge in [0.2, 0.25) is 0 Å². The highest BCUT2D eigenvalue weighted by molar-refractivity contribution is 9.10. The third kappa shape index (κ3) is 3.19. The van der Waals surface area contributed by atoms with Crippen molar-refractivity contribution in [2.75, 3.05) is 5.73 Å². The lowest BCUT2D eigenvalue weighted by Crippen LogP contribution is -1.88. The number of halogens is 3. The minimum atomic E-state index is -0.383. The van der Waals surface area contributed by atoms with Gasteiger partial charge in [0.15, 0.2) is 0 Å². The zero-order chi connectivity index (χ0) is 13.1. The Balaban J connectivity index is 2.14. The summed E-state index contributed by atoms with van der Waals surface area (Å²) in [5.74, 6) is 0.227. The van der Waals surface area contributed by atoms with Crippen molar-refractivity contribution in [2.45, 2.75) is 10.6 Å². The summed E-state index contributed by atoms with van der Waals surface area (Å²) >= 11 is 10.9. The molecule has 5 heteroatoms. The van der Waals surface area contributed by atoms with Crippen molar-refractivity contribution in [3.8, 4) is 0 Å². The molecule has 0 saturated carbocycles. The smallest absolute Gasteiger partial charge is 0.142 e. The van der Waals surface area contributed by atoms with E-state index in [4.69, 9.17) is 17.3 Å². The fourth-order valence-electron chi connectivity index (χ4n) is 1.45. The molecule has 2 aromatic rings. The van der Waals surface area contributed by atoms with Crippen molar-refractivity contribution in [1.82, 2.24) is 0 Å². The Morgan fingerprint density at radius 1 is 1.28 bits per heavy atom. The van der Waals surface area contributed by atoms with E-state index in [1.54, 1.807) is 17.8 Å². The fourth-order valence-corrected chi connectivity index (χ4v) is 3.37. The van der Waals surface area contributed by atoms with Crippen LogP contribution in [0, 0.1) is 5.82 Å². The van der Waals surface area contributed by atoms with Gasteiger partial charge in [0, 0.05) is 20.8 Å². The first-order valence-electron chi connectivity index (χ1n) is 5.18. The molecule has 0 atom stereocenters. The van der Waals surface area contributed by atoms with E-state index < -0.39 is 0 Å². The zero-order valence-corrected chi connectivity index (χ0v) is 12.4. The minimum Gasteiger partial charge on any atom is -0.399 e. The summed E-state index contributed by atoms with van der Waals surface area (Å²) in [7, 11) is 0. The third-order valence-corrected chi connectivity index (χ3v) is 4.83. The second-order valence-corrected chi connectivity index (χ2v) is 5.94. The van der Waals surface area contributed by atoms with E-state index in [0.717, 1.165) is 14.9 Å². The van der Waals surface area contributed by atoms with E-state index in [9.17, 15) is 4.39 Å². The van der Waals surface area contributed by atoms with Crippen LogP contribution in [0.5, 0.6) is 0 Å². The molecule has 0 spiro atoms. The van der Waals surface area contributed by atoms with Crippen molar-refractivity contribution in [1.29, 1.82) is 0 Å². The zero-order valence-electron chi connectivity index (χ0n) is 9.29. The quantitative estimate of drug-likeness (QED) is 0.617. The molecular weight excluding hydrogens is 337 g/mol. The third-order valence-electron chi connectivity index (χ3n) is 2.37. The topological polar surface area (TPSA) is 26.0 Å². The molecule has 0 radical (unpaired) electrons. The molecule has 0 unspecified atom stereocenters. The summed E-state index contributed by atoms with van der Waals surface area (Å²) in [4.78, 5) is 1.05. The standard InChI is InChI=1S/C13H10BrClFNS/c14-10-6-9(17)4-5-12(10)18-7-8-2-1-3-11(16)13(8)15/h1-6H,7,17H2. The molecule has 0 amide bonds. The van der Waals surface area contributed by atoms with E-state index in [2.05, 4.69) is 15.9 Å². The average molecular weight is 347 g/mol. The van der Waals surface area contributed by atoms with E-state index >= 15 is 0 Å². The Labute approximate surface area is 123 Å². The first-order valence-corrected chi connectivity index (χ1v) is 7.34. The number of hydrogen-bond donors (Lipinski definition) is 1. The van der Waals surface area contributed by atoms with Crippen molar-refractivity contribution >= 4 is 45.0 Å². The van der Waals surface area contributed by atoms with Gasteiger partial charge in [-0.2, -0.15) is 0 Å². The summed E-state index contributed by atoms with van der Waals surface area (Å²) in [5.41, 5.74) is 7.16. The van der Waals surface area contributed by atoms with Gasteiger partial charge in [-0.1, -0.05) is 23.7 Å². The maximum Gasteiger partial charge on any atom is 0.142 e. The van der Waals surface area contributed by atoms with Crippen LogP contribution in [0.15, 0.2) is 45.8 Å². The van der Waals surface area contributed by atoms with Crippen LogP contribution in [0.1, 0.15) is 5.56 Å². The normalized spacial score (nSPS) is 10.6. The van der Waals surface area contributed by atoms with E-state index in [1.165, 1.54) is 6.07 Å². The monoisotopic (exact) mass is 345 g/mol. The summed E-state index contributed by atoms with van der Waals surface area (Å²) in [6.07, 6.45) is 0. The van der Waals surface area contributed by atoms with Crippen molar-refractivity contribution < 1.29 is 4.39 Å². The molecule has 2 N–H and O–H groups in total. The lowest BCUT2D eigenvalue weighted by Gasteiger charge is -2.07. The van der Waals surface area contributed by atoms with Crippen LogP contribution in [-0.2, 0) is 5.75 Å². The number of rotatable bonds is 3. The molecule has 0 saturated heterocycles. The van der Waals surface area contributed by atoms with Gasteiger partial charge in [0.25, 0.3) is 0 Å². The summed E-state index contributed by atoms with van der Waals surface area (Å²) < 4.78 is 14.2. The Morgan fingerprint density at radius 3 is 2.78 bits per heavy atom. The van der Waals surface area contributed by atoms with Gasteiger partial charge >= 0.3 is 0 Å². The van der Waals surface area contributed by atoms with Gasteiger partial charge < -0.3 is 5.73 Å². The largest absolute Gasteiger partial charge is 0.399 e. The van der Waals surface area contributed by atoms with Gasteiger partial charge in [-0.15, -0.1) is 11.8 Å². The number of anilines is 1. The second-order valence-electron chi connectivity index (χ2n) is 3.69. The van der Waals surface area contributed by atoms with Crippen LogP contribution < -0.4 is 5.73 Å². The predicted octanol–water partition coefficient (Wildman–Crippen LogP) is 5.12. The average Bonchev–Trinajstić information content (AvgIpc) is 2.33. The minimum absolute atomic E-state index is 0.191. The fraction of sp³-hybridized carbons (Fsp3) is 0.0769. The van der Waals surface area contributed by atoms with Crippen molar-refractivity contribution in [2.24, 2.45) is 0 Å². The SMILES string of the molecule is Nc1ccc(SCc2cccc(F)c2Cl)c(Br)c1. The molecular formula is C13H10BrClFNS. The molecule has 0 aliphatic heterocycles. The molecule has 0 aromatic heterocycles. The lowest BCUT2D eigenvalue weighted by molar-refractivity contribution is 0.627. The van der Waals surface area contributed by atoms with Crippen LogP contribution in [-0.4, -0.2) is 0 Å². The molecule has 0 bridgehead atoms. The Kier molecular flexibility index (Phi) is 4.54. The highest BCUT2D eigenvalue weighted by Gasteiger charge is 2.07. The van der Waals surface area contributed by atoms with Crippen molar-refractivity contribution in [3.05, 3.63) is 57.3 Å². The number of benzene rings is 2. The number of hydrogen-bond acceptors (Lipinski definition) is 2. The molecule has 94 valence electrons. The molecule has 18 heavy (non-hydrogen) atoms. The second kappa shape index (κ2) is 5.95. The number of nitrogen functional groups attached to an aromatic ring is 1. The molecule has 2 rings (SSSR count). The summed E-state index contributed by atoms with van der Waals surface area (Å²) in [6.45, 7) is 0. The van der Waals surface area contributed by atoms with Crippen LogP contribution in [0.3, 0.4) is 0 Å². The van der Waals surface area contributed by atoms with E-state index in [0.29, 0.717) is 11.4 Å². The van der Waals surface area contributed by atoms with Gasteiger partial charge in [-0.3, -0.25) is 0 Å². The van der Waals surface area contributed by atoms with Gasteiger partial charge in [0.05, 0.1) is 5.02 Å². The Bertz CT molecular complexity index is 577.